The Kier molecular flexibility index (Phi) is 6.61. The number of rotatable bonds is 8. The van der Waals surface area contributed by atoms with Crippen molar-refractivity contribution in [1.82, 2.24) is 4.31 Å². The molecular formula is C20H24N2O5S2. The molecule has 3 rings (SSSR count). The van der Waals surface area contributed by atoms with E-state index in [0.717, 1.165) is 23.8 Å². The molecule has 0 saturated carbocycles. The van der Waals surface area contributed by atoms with Crippen molar-refractivity contribution >= 4 is 31.8 Å². The maximum Gasteiger partial charge on any atom is 0.255 e. The smallest absolute Gasteiger partial charge is 0.255 e. The normalized spacial score (nSPS) is 15.6. The van der Waals surface area contributed by atoms with Crippen LogP contribution >= 0.6 is 0 Å². The van der Waals surface area contributed by atoms with Crippen molar-refractivity contribution in [3.63, 3.8) is 0 Å². The number of hydrogen-bond acceptors (Lipinski definition) is 5. The third kappa shape index (κ3) is 5.37. The average molecular weight is 437 g/mol. The predicted octanol–water partition coefficient (Wildman–Crippen LogP) is 3.28. The molecule has 2 aromatic carbocycles. The SMILES string of the molecule is CCOc1ccc(NS(=O)(=O)/C=C/c2ccccc2)cc1S(=O)(=O)N1CCCC1. The van der Waals surface area contributed by atoms with E-state index in [2.05, 4.69) is 4.72 Å². The zero-order valence-electron chi connectivity index (χ0n) is 16.1. The molecule has 1 N–H and O–H groups in total. The highest BCUT2D eigenvalue weighted by Crippen LogP contribution is 2.32. The van der Waals surface area contributed by atoms with Crippen LogP contribution in [0.5, 0.6) is 5.75 Å². The maximum absolute atomic E-state index is 13.0. The summed E-state index contributed by atoms with van der Waals surface area (Å²) in [5.41, 5.74) is 0.894. The number of nitrogens with zero attached hydrogens (tertiary/aromatic N) is 1. The second-order valence-electron chi connectivity index (χ2n) is 6.57. The van der Waals surface area contributed by atoms with Gasteiger partial charge in [-0.05, 0) is 49.6 Å². The maximum atomic E-state index is 13.0. The third-order valence-electron chi connectivity index (χ3n) is 4.43. The molecule has 2 aromatic rings. The van der Waals surface area contributed by atoms with Crippen molar-refractivity contribution in [2.75, 3.05) is 24.4 Å². The highest BCUT2D eigenvalue weighted by Gasteiger charge is 2.30. The number of benzene rings is 2. The molecule has 0 unspecified atom stereocenters. The van der Waals surface area contributed by atoms with Crippen molar-refractivity contribution in [2.24, 2.45) is 0 Å². The number of hydrogen-bond donors (Lipinski definition) is 1. The van der Waals surface area contributed by atoms with Crippen LogP contribution in [0.2, 0.25) is 0 Å². The lowest BCUT2D eigenvalue weighted by atomic mass is 10.2. The quantitative estimate of drug-likeness (QED) is 0.686. The van der Waals surface area contributed by atoms with Gasteiger partial charge in [-0.1, -0.05) is 30.3 Å². The fourth-order valence-corrected chi connectivity index (χ4v) is 5.58. The largest absolute Gasteiger partial charge is 0.492 e. The van der Waals surface area contributed by atoms with Gasteiger partial charge in [0.05, 0.1) is 17.7 Å². The van der Waals surface area contributed by atoms with E-state index in [1.165, 1.54) is 28.6 Å². The molecule has 0 radical (unpaired) electrons. The van der Waals surface area contributed by atoms with Crippen molar-refractivity contribution in [3.8, 4) is 5.75 Å². The molecule has 0 spiro atoms. The Labute approximate surface area is 172 Å². The topological polar surface area (TPSA) is 92.8 Å². The van der Waals surface area contributed by atoms with Gasteiger partial charge in [-0.2, -0.15) is 4.31 Å². The fraction of sp³-hybridized carbons (Fsp3) is 0.300. The van der Waals surface area contributed by atoms with Crippen LogP contribution in [0.15, 0.2) is 58.8 Å². The van der Waals surface area contributed by atoms with Gasteiger partial charge in [0.25, 0.3) is 10.0 Å². The Hall–Kier alpha value is -2.36. The molecule has 0 bridgehead atoms. The lowest BCUT2D eigenvalue weighted by Gasteiger charge is -2.19. The van der Waals surface area contributed by atoms with Gasteiger partial charge in [-0.3, -0.25) is 4.72 Å². The minimum Gasteiger partial charge on any atom is -0.492 e. The predicted molar refractivity (Wildman–Crippen MR) is 114 cm³/mol. The van der Waals surface area contributed by atoms with E-state index in [1.807, 2.05) is 18.2 Å². The van der Waals surface area contributed by atoms with Gasteiger partial charge in [0.15, 0.2) is 0 Å². The molecule has 1 heterocycles. The molecule has 0 atom stereocenters. The number of nitrogens with one attached hydrogen (secondary N) is 1. The van der Waals surface area contributed by atoms with Crippen LogP contribution < -0.4 is 9.46 Å². The molecule has 9 heteroatoms. The molecule has 0 aromatic heterocycles. The van der Waals surface area contributed by atoms with Crippen LogP contribution in [-0.4, -0.2) is 40.8 Å². The first-order valence-electron chi connectivity index (χ1n) is 9.35. The van der Waals surface area contributed by atoms with Gasteiger partial charge in [0.1, 0.15) is 10.6 Å². The Morgan fingerprint density at radius 3 is 2.38 bits per heavy atom. The summed E-state index contributed by atoms with van der Waals surface area (Å²) in [6, 6.07) is 13.3. The average Bonchev–Trinajstić information content (AvgIpc) is 3.24. The number of ether oxygens (including phenoxy) is 1. The van der Waals surface area contributed by atoms with Crippen LogP contribution in [0.4, 0.5) is 5.69 Å². The highest BCUT2D eigenvalue weighted by atomic mass is 32.2. The molecule has 7 nitrogen and oxygen atoms in total. The lowest BCUT2D eigenvalue weighted by molar-refractivity contribution is 0.330. The summed E-state index contributed by atoms with van der Waals surface area (Å²) in [7, 11) is -7.59. The highest BCUT2D eigenvalue weighted by molar-refractivity contribution is 7.95. The lowest BCUT2D eigenvalue weighted by Crippen LogP contribution is -2.28. The first-order valence-corrected chi connectivity index (χ1v) is 12.3. The second kappa shape index (κ2) is 8.98. The number of sulfonamides is 2. The second-order valence-corrected chi connectivity index (χ2v) is 10.0. The summed E-state index contributed by atoms with van der Waals surface area (Å²) in [5, 5.41) is 1.05. The fourth-order valence-electron chi connectivity index (χ4n) is 3.05. The van der Waals surface area contributed by atoms with E-state index in [1.54, 1.807) is 19.1 Å². The molecule has 1 saturated heterocycles. The van der Waals surface area contributed by atoms with Crippen LogP contribution in [0.3, 0.4) is 0 Å². The first-order chi connectivity index (χ1) is 13.8. The molecule has 0 aliphatic carbocycles. The van der Waals surface area contributed by atoms with Crippen molar-refractivity contribution < 1.29 is 21.6 Å². The van der Waals surface area contributed by atoms with Crippen molar-refractivity contribution in [1.29, 1.82) is 0 Å². The van der Waals surface area contributed by atoms with E-state index >= 15 is 0 Å². The summed E-state index contributed by atoms with van der Waals surface area (Å²) < 4.78 is 60.1. The molecular weight excluding hydrogens is 412 g/mol. The van der Waals surface area contributed by atoms with Gasteiger partial charge in [0.2, 0.25) is 10.0 Å². The molecule has 1 fully saturated rings. The van der Waals surface area contributed by atoms with E-state index in [9.17, 15) is 16.8 Å². The van der Waals surface area contributed by atoms with Gasteiger partial charge >= 0.3 is 0 Å². The summed E-state index contributed by atoms with van der Waals surface area (Å²) in [6.45, 7) is 2.96. The van der Waals surface area contributed by atoms with Gasteiger partial charge < -0.3 is 4.74 Å². The first kappa shape index (κ1) is 21.4. The van der Waals surface area contributed by atoms with Gasteiger partial charge in [-0.25, -0.2) is 16.8 Å². The minimum atomic E-state index is -3.82. The molecule has 1 aliphatic heterocycles. The van der Waals surface area contributed by atoms with Gasteiger partial charge in [-0.15, -0.1) is 0 Å². The van der Waals surface area contributed by atoms with Crippen LogP contribution in [0.1, 0.15) is 25.3 Å². The van der Waals surface area contributed by atoms with Gasteiger partial charge in [0, 0.05) is 13.1 Å². The molecule has 29 heavy (non-hydrogen) atoms. The van der Waals surface area contributed by atoms with Crippen LogP contribution in [0, 0.1) is 0 Å². The molecule has 156 valence electrons. The van der Waals surface area contributed by atoms with E-state index in [4.69, 9.17) is 4.74 Å². The Morgan fingerprint density at radius 1 is 1.03 bits per heavy atom. The van der Waals surface area contributed by atoms with Crippen molar-refractivity contribution in [2.45, 2.75) is 24.7 Å². The number of anilines is 1. The zero-order valence-corrected chi connectivity index (χ0v) is 17.7. The minimum absolute atomic E-state index is 0.0338. The Bertz CT molecular complexity index is 1080. The summed E-state index contributed by atoms with van der Waals surface area (Å²) in [5.74, 6) is 0.210. The van der Waals surface area contributed by atoms with E-state index in [0.29, 0.717) is 19.7 Å². The summed E-state index contributed by atoms with van der Waals surface area (Å²) in [6.07, 6.45) is 3.08. The third-order valence-corrected chi connectivity index (χ3v) is 7.36. The summed E-state index contributed by atoms with van der Waals surface area (Å²) >= 11 is 0. The van der Waals surface area contributed by atoms with Crippen LogP contribution in [0.25, 0.3) is 6.08 Å². The Balaban J connectivity index is 1.89. The summed E-state index contributed by atoms with van der Waals surface area (Å²) in [4.78, 5) is -0.0338. The van der Waals surface area contributed by atoms with Crippen LogP contribution in [-0.2, 0) is 20.0 Å². The Morgan fingerprint density at radius 2 is 1.72 bits per heavy atom. The monoisotopic (exact) mass is 436 g/mol. The zero-order chi connectivity index (χ0) is 20.9. The standard InChI is InChI=1S/C20H24N2O5S2/c1-2-27-19-11-10-18(16-20(19)29(25,26)22-13-6-7-14-22)21-28(23,24)15-12-17-8-4-3-5-9-17/h3-5,8-12,15-16,21H,2,6-7,13-14H2,1H3/b15-12+. The molecule has 0 amide bonds. The van der Waals surface area contributed by atoms with E-state index < -0.39 is 20.0 Å². The molecule has 1 aliphatic rings. The van der Waals surface area contributed by atoms with E-state index in [-0.39, 0.29) is 16.3 Å². The van der Waals surface area contributed by atoms with Crippen molar-refractivity contribution in [3.05, 3.63) is 59.5 Å².